The van der Waals surface area contributed by atoms with Crippen LogP contribution in [-0.2, 0) is 17.9 Å². The molecule has 1 fully saturated rings. The largest absolute Gasteiger partial charge is 0.365 e. The van der Waals surface area contributed by atoms with E-state index < -0.39 is 0 Å². The number of nitrogens with zero attached hydrogens (tertiary/aromatic N) is 6. The van der Waals surface area contributed by atoms with Crippen LogP contribution >= 0.6 is 11.6 Å². The van der Waals surface area contributed by atoms with Gasteiger partial charge in [-0.15, -0.1) is 0 Å². The molecule has 31 heavy (non-hydrogen) atoms. The fourth-order valence-corrected chi connectivity index (χ4v) is 3.34. The molecule has 160 valence electrons. The van der Waals surface area contributed by atoms with E-state index in [4.69, 9.17) is 16.9 Å². The average molecular weight is 439 g/mol. The van der Waals surface area contributed by atoms with Gasteiger partial charge in [0.2, 0.25) is 11.9 Å². The molecule has 1 aliphatic rings. The second-order valence-corrected chi connectivity index (χ2v) is 7.28. The van der Waals surface area contributed by atoms with Crippen LogP contribution in [0.5, 0.6) is 0 Å². The van der Waals surface area contributed by atoms with Gasteiger partial charge in [0.25, 0.3) is 0 Å². The molecule has 1 amide bonds. The van der Waals surface area contributed by atoms with Crippen LogP contribution in [-0.4, -0.2) is 43.6 Å². The molecule has 2 aromatic heterocycles. The lowest BCUT2D eigenvalue weighted by Crippen LogP contribution is -2.31. The number of aromatic nitrogens is 4. The molecule has 4 rings (SSSR count). The van der Waals surface area contributed by atoms with Crippen molar-refractivity contribution in [3.8, 4) is 6.57 Å². The SMILES string of the molecule is C#N.O=C(Cn1cc(Nc2ncc(Cl)c(NCc3ccccc3)n2)cn1)N1CCCC1. The van der Waals surface area contributed by atoms with Crippen LogP contribution in [0.4, 0.5) is 17.5 Å². The maximum absolute atomic E-state index is 12.3. The van der Waals surface area contributed by atoms with Crippen LogP contribution in [0.15, 0.2) is 48.9 Å². The maximum atomic E-state index is 12.3. The Bertz CT molecular complexity index is 1010. The van der Waals surface area contributed by atoms with Crippen molar-refractivity contribution < 1.29 is 4.79 Å². The molecule has 1 aliphatic heterocycles. The summed E-state index contributed by atoms with van der Waals surface area (Å²) in [4.78, 5) is 22.8. The molecule has 0 spiro atoms. The van der Waals surface area contributed by atoms with Gasteiger partial charge in [0, 0.05) is 32.4 Å². The van der Waals surface area contributed by atoms with Crippen LogP contribution in [0.3, 0.4) is 0 Å². The topological polar surface area (TPSA) is 112 Å². The van der Waals surface area contributed by atoms with Crippen LogP contribution < -0.4 is 10.6 Å². The number of carbonyl (C=O) groups excluding carboxylic acids is 1. The van der Waals surface area contributed by atoms with Gasteiger partial charge >= 0.3 is 0 Å². The van der Waals surface area contributed by atoms with Gasteiger partial charge in [-0.05, 0) is 18.4 Å². The van der Waals surface area contributed by atoms with Crippen molar-refractivity contribution in [3.05, 3.63) is 59.5 Å². The molecule has 1 aromatic carbocycles. The Labute approximate surface area is 185 Å². The second kappa shape index (κ2) is 10.9. The number of nitriles is 1. The first-order valence-corrected chi connectivity index (χ1v) is 10.2. The lowest BCUT2D eigenvalue weighted by Gasteiger charge is -2.14. The highest BCUT2D eigenvalue weighted by Crippen LogP contribution is 2.22. The number of rotatable bonds is 7. The number of benzene rings is 1. The van der Waals surface area contributed by atoms with Crippen molar-refractivity contribution in [3.63, 3.8) is 0 Å². The third kappa shape index (κ3) is 6.17. The zero-order valence-corrected chi connectivity index (χ0v) is 17.7. The van der Waals surface area contributed by atoms with Crippen molar-refractivity contribution in [1.82, 2.24) is 24.6 Å². The highest BCUT2D eigenvalue weighted by atomic mass is 35.5. The van der Waals surface area contributed by atoms with E-state index >= 15 is 0 Å². The van der Waals surface area contributed by atoms with E-state index in [1.165, 1.54) is 0 Å². The third-order valence-electron chi connectivity index (χ3n) is 4.69. The predicted octanol–water partition coefficient (Wildman–Crippen LogP) is 3.44. The summed E-state index contributed by atoms with van der Waals surface area (Å²) in [7, 11) is 0. The van der Waals surface area contributed by atoms with E-state index in [-0.39, 0.29) is 12.5 Å². The Kier molecular flexibility index (Phi) is 7.79. The van der Waals surface area contributed by atoms with Crippen LogP contribution in [0.2, 0.25) is 5.02 Å². The number of hydrogen-bond acceptors (Lipinski definition) is 7. The molecular formula is C21H23ClN8O. The van der Waals surface area contributed by atoms with E-state index in [1.54, 1.807) is 23.3 Å². The first-order valence-electron chi connectivity index (χ1n) is 9.81. The summed E-state index contributed by atoms with van der Waals surface area (Å²) in [5, 5.41) is 17.5. The van der Waals surface area contributed by atoms with E-state index in [1.807, 2.05) is 35.2 Å². The van der Waals surface area contributed by atoms with Crippen LogP contribution in [0.25, 0.3) is 0 Å². The lowest BCUT2D eigenvalue weighted by molar-refractivity contribution is -0.130. The molecule has 10 heteroatoms. The normalized spacial score (nSPS) is 12.7. The Hall–Kier alpha value is -3.64. The molecule has 0 atom stereocenters. The highest BCUT2D eigenvalue weighted by Gasteiger charge is 2.18. The summed E-state index contributed by atoms with van der Waals surface area (Å²) >= 11 is 6.22. The van der Waals surface area contributed by atoms with Crippen molar-refractivity contribution >= 4 is 35.0 Å². The lowest BCUT2D eigenvalue weighted by atomic mass is 10.2. The van der Waals surface area contributed by atoms with Gasteiger partial charge in [0.15, 0.2) is 5.82 Å². The molecule has 0 radical (unpaired) electrons. The van der Waals surface area contributed by atoms with Gasteiger partial charge in [-0.3, -0.25) is 9.48 Å². The van der Waals surface area contributed by atoms with Gasteiger partial charge in [-0.2, -0.15) is 10.1 Å². The minimum Gasteiger partial charge on any atom is -0.365 e. The van der Waals surface area contributed by atoms with E-state index in [2.05, 4.69) is 32.3 Å². The quantitative estimate of drug-likeness (QED) is 0.581. The Balaban J connectivity index is 0.00000132. The maximum Gasteiger partial charge on any atom is 0.244 e. The van der Waals surface area contributed by atoms with E-state index in [0.717, 1.165) is 31.5 Å². The molecule has 0 aliphatic carbocycles. The Morgan fingerprint density at radius 3 is 2.65 bits per heavy atom. The zero-order chi connectivity index (χ0) is 22.1. The zero-order valence-electron chi connectivity index (χ0n) is 16.9. The molecule has 0 saturated carbocycles. The van der Waals surface area contributed by atoms with Crippen molar-refractivity contribution in [2.45, 2.75) is 25.9 Å². The average Bonchev–Trinajstić information content (AvgIpc) is 3.49. The highest BCUT2D eigenvalue weighted by molar-refractivity contribution is 6.32. The Morgan fingerprint density at radius 2 is 1.90 bits per heavy atom. The molecule has 3 heterocycles. The molecule has 0 unspecified atom stereocenters. The fraction of sp³-hybridized carbons (Fsp3) is 0.286. The molecule has 2 N–H and O–H groups in total. The first-order chi connectivity index (χ1) is 15.2. The summed E-state index contributed by atoms with van der Waals surface area (Å²) in [6.45, 7) is 6.01. The number of likely N-dealkylation sites (tertiary alicyclic amines) is 1. The first kappa shape index (κ1) is 22.1. The summed E-state index contributed by atoms with van der Waals surface area (Å²) in [6.07, 6.45) is 7.11. The van der Waals surface area contributed by atoms with Crippen LogP contribution in [0, 0.1) is 11.8 Å². The fourth-order valence-electron chi connectivity index (χ4n) is 3.18. The smallest absolute Gasteiger partial charge is 0.244 e. The van der Waals surface area contributed by atoms with E-state index in [0.29, 0.717) is 29.0 Å². The van der Waals surface area contributed by atoms with Crippen molar-refractivity contribution in [2.24, 2.45) is 0 Å². The molecule has 3 aromatic rings. The van der Waals surface area contributed by atoms with Gasteiger partial charge in [-0.1, -0.05) is 41.9 Å². The molecule has 0 bridgehead atoms. The summed E-state index contributed by atoms with van der Waals surface area (Å²) < 4.78 is 1.62. The monoisotopic (exact) mass is 438 g/mol. The second-order valence-electron chi connectivity index (χ2n) is 6.87. The minimum absolute atomic E-state index is 0.0901. The summed E-state index contributed by atoms with van der Waals surface area (Å²) in [5.41, 5.74) is 1.83. The molecule has 9 nitrogen and oxygen atoms in total. The molecular weight excluding hydrogens is 416 g/mol. The van der Waals surface area contributed by atoms with Crippen molar-refractivity contribution in [1.29, 1.82) is 5.26 Å². The summed E-state index contributed by atoms with van der Waals surface area (Å²) in [5.74, 6) is 1.03. The summed E-state index contributed by atoms with van der Waals surface area (Å²) in [6, 6.07) is 10.00. The van der Waals surface area contributed by atoms with Crippen LogP contribution in [0.1, 0.15) is 18.4 Å². The molecule has 1 saturated heterocycles. The number of halogens is 1. The van der Waals surface area contributed by atoms with E-state index in [9.17, 15) is 4.79 Å². The van der Waals surface area contributed by atoms with Gasteiger partial charge in [-0.25, -0.2) is 10.2 Å². The van der Waals surface area contributed by atoms with Gasteiger partial charge in [0.05, 0.1) is 18.1 Å². The predicted molar refractivity (Wildman–Crippen MR) is 119 cm³/mol. The number of amides is 1. The minimum atomic E-state index is 0.0901. The number of carbonyl (C=O) groups is 1. The third-order valence-corrected chi connectivity index (χ3v) is 4.97. The van der Waals surface area contributed by atoms with Gasteiger partial charge in [0.1, 0.15) is 11.6 Å². The standard InChI is InChI=1S/C20H22ClN7O.CHN/c21-17-12-23-20(26-19(17)22-10-15-6-2-1-3-7-15)25-16-11-24-28(13-16)14-18(29)27-8-4-5-9-27;1-2/h1-3,6-7,11-13H,4-5,8-10,14H2,(H2,22,23,25,26);1H. The van der Waals surface area contributed by atoms with Crippen molar-refractivity contribution in [2.75, 3.05) is 23.7 Å². The number of hydrogen-bond donors (Lipinski definition) is 2. The number of anilines is 3. The Morgan fingerprint density at radius 1 is 1.16 bits per heavy atom. The number of nitrogens with one attached hydrogen (secondary N) is 2. The van der Waals surface area contributed by atoms with Gasteiger partial charge < -0.3 is 15.5 Å².